The van der Waals surface area contributed by atoms with Gasteiger partial charge in [0.05, 0.1) is 12.7 Å². The Labute approximate surface area is 117 Å². The number of methoxy groups -OCH3 is 1. The molecule has 0 atom stereocenters. The number of amides is 2. The van der Waals surface area contributed by atoms with E-state index in [1.807, 2.05) is 6.92 Å². The predicted molar refractivity (Wildman–Crippen MR) is 73.1 cm³/mol. The van der Waals surface area contributed by atoms with Gasteiger partial charge in [0.2, 0.25) is 5.91 Å². The summed E-state index contributed by atoms with van der Waals surface area (Å²) >= 11 is 5.83. The summed E-state index contributed by atoms with van der Waals surface area (Å²) < 4.78 is 5.06. The van der Waals surface area contributed by atoms with Crippen molar-refractivity contribution >= 4 is 23.4 Å². The summed E-state index contributed by atoms with van der Waals surface area (Å²) in [6, 6.07) is 4.70. The van der Waals surface area contributed by atoms with E-state index in [-0.39, 0.29) is 11.5 Å². The summed E-state index contributed by atoms with van der Waals surface area (Å²) in [6.07, 6.45) is 2.08. The third-order valence-electron chi connectivity index (χ3n) is 2.48. The van der Waals surface area contributed by atoms with Crippen LogP contribution in [0.25, 0.3) is 0 Å². The fourth-order valence-corrected chi connectivity index (χ4v) is 1.62. The van der Waals surface area contributed by atoms with Crippen LogP contribution in [0.4, 0.5) is 0 Å². The highest BCUT2D eigenvalue weighted by molar-refractivity contribution is 6.31. The first kappa shape index (κ1) is 15.3. The highest BCUT2D eigenvalue weighted by atomic mass is 35.5. The van der Waals surface area contributed by atoms with Gasteiger partial charge in [-0.15, -0.1) is 0 Å². The van der Waals surface area contributed by atoms with E-state index in [1.165, 1.54) is 13.2 Å². The van der Waals surface area contributed by atoms with Gasteiger partial charge in [0.15, 0.2) is 0 Å². The lowest BCUT2D eigenvalue weighted by atomic mass is 10.2. The van der Waals surface area contributed by atoms with Crippen molar-refractivity contribution in [3.63, 3.8) is 0 Å². The number of unbranched alkanes of at least 4 members (excludes halogenated alkanes) is 1. The summed E-state index contributed by atoms with van der Waals surface area (Å²) in [6.45, 7) is 1.99. The Morgan fingerprint density at radius 2 is 2.05 bits per heavy atom. The molecular formula is C13H17ClN2O3. The fraction of sp³-hybridized carbons (Fsp3) is 0.385. The molecule has 2 amide bonds. The minimum atomic E-state index is -0.468. The van der Waals surface area contributed by atoms with E-state index >= 15 is 0 Å². The lowest BCUT2D eigenvalue weighted by molar-refractivity contribution is -0.121. The number of ether oxygens (including phenoxy) is 1. The molecule has 19 heavy (non-hydrogen) atoms. The Kier molecular flexibility index (Phi) is 6.15. The predicted octanol–water partition coefficient (Wildman–Crippen LogP) is 2.30. The standard InChI is InChI=1S/C13H17ClN2O3/c1-3-4-5-12(17)15-16-13(18)10-8-9(14)6-7-11(10)19-2/h6-8H,3-5H2,1-2H3,(H,15,17)(H,16,18). The first-order valence-corrected chi connectivity index (χ1v) is 6.39. The van der Waals surface area contributed by atoms with Crippen LogP contribution in [0.1, 0.15) is 36.5 Å². The normalized spacial score (nSPS) is 9.84. The van der Waals surface area contributed by atoms with Crippen LogP contribution in [0.5, 0.6) is 5.75 Å². The molecule has 0 aliphatic carbocycles. The van der Waals surface area contributed by atoms with Gasteiger partial charge in [-0.25, -0.2) is 0 Å². The molecule has 0 aliphatic heterocycles. The van der Waals surface area contributed by atoms with Gasteiger partial charge >= 0.3 is 0 Å². The number of benzene rings is 1. The van der Waals surface area contributed by atoms with E-state index in [9.17, 15) is 9.59 Å². The molecule has 2 N–H and O–H groups in total. The third-order valence-corrected chi connectivity index (χ3v) is 2.71. The van der Waals surface area contributed by atoms with Crippen molar-refractivity contribution in [2.75, 3.05) is 7.11 Å². The highest BCUT2D eigenvalue weighted by Crippen LogP contribution is 2.22. The van der Waals surface area contributed by atoms with E-state index in [0.29, 0.717) is 17.2 Å². The van der Waals surface area contributed by atoms with Crippen LogP contribution in [0.2, 0.25) is 5.02 Å². The topological polar surface area (TPSA) is 67.4 Å². The van der Waals surface area contributed by atoms with Crippen molar-refractivity contribution in [3.05, 3.63) is 28.8 Å². The smallest absolute Gasteiger partial charge is 0.273 e. The number of rotatable bonds is 5. The van der Waals surface area contributed by atoms with Crippen LogP contribution < -0.4 is 15.6 Å². The first-order valence-electron chi connectivity index (χ1n) is 6.01. The van der Waals surface area contributed by atoms with Gasteiger partial charge < -0.3 is 4.74 Å². The molecule has 0 aliphatic rings. The van der Waals surface area contributed by atoms with Crippen LogP contribution in [-0.4, -0.2) is 18.9 Å². The number of carbonyl (C=O) groups is 2. The molecule has 0 aromatic heterocycles. The Bertz CT molecular complexity index is 463. The summed E-state index contributed by atoms with van der Waals surface area (Å²) in [5.74, 6) is -0.301. The van der Waals surface area contributed by atoms with Crippen molar-refractivity contribution in [1.29, 1.82) is 0 Å². The van der Waals surface area contributed by atoms with Crippen LogP contribution in [0, 0.1) is 0 Å². The second-order valence-corrected chi connectivity index (χ2v) is 4.39. The molecule has 0 radical (unpaired) electrons. The summed E-state index contributed by atoms with van der Waals surface area (Å²) in [5, 5.41) is 0.420. The maximum absolute atomic E-state index is 11.9. The molecule has 5 nitrogen and oxygen atoms in total. The van der Waals surface area contributed by atoms with Crippen molar-refractivity contribution in [2.45, 2.75) is 26.2 Å². The number of carbonyl (C=O) groups excluding carboxylic acids is 2. The monoisotopic (exact) mass is 284 g/mol. The molecule has 104 valence electrons. The summed E-state index contributed by atoms with van der Waals surface area (Å²) in [4.78, 5) is 23.3. The number of hydrogen-bond acceptors (Lipinski definition) is 3. The summed E-state index contributed by atoms with van der Waals surface area (Å²) in [7, 11) is 1.46. The molecule has 0 saturated carbocycles. The quantitative estimate of drug-likeness (QED) is 0.815. The van der Waals surface area contributed by atoms with Crippen LogP contribution in [-0.2, 0) is 4.79 Å². The fourth-order valence-electron chi connectivity index (χ4n) is 1.45. The zero-order valence-corrected chi connectivity index (χ0v) is 11.7. The first-order chi connectivity index (χ1) is 9.08. The van der Waals surface area contributed by atoms with E-state index in [2.05, 4.69) is 10.9 Å². The Morgan fingerprint density at radius 3 is 2.68 bits per heavy atom. The zero-order chi connectivity index (χ0) is 14.3. The molecule has 0 spiro atoms. The maximum Gasteiger partial charge on any atom is 0.273 e. The van der Waals surface area contributed by atoms with Crippen molar-refractivity contribution in [3.8, 4) is 5.75 Å². The van der Waals surface area contributed by atoms with Crippen LogP contribution in [0.15, 0.2) is 18.2 Å². The van der Waals surface area contributed by atoms with Gasteiger partial charge in [0, 0.05) is 11.4 Å². The number of hydrazine groups is 1. The van der Waals surface area contributed by atoms with Gasteiger partial charge in [-0.05, 0) is 24.6 Å². The second kappa shape index (κ2) is 7.63. The van der Waals surface area contributed by atoms with Gasteiger partial charge in [-0.1, -0.05) is 24.9 Å². The van der Waals surface area contributed by atoms with Gasteiger partial charge in [-0.3, -0.25) is 20.4 Å². The van der Waals surface area contributed by atoms with Gasteiger partial charge in [0.25, 0.3) is 5.91 Å². The van der Waals surface area contributed by atoms with Crippen LogP contribution in [0.3, 0.4) is 0 Å². The molecule has 1 aromatic carbocycles. The minimum Gasteiger partial charge on any atom is -0.496 e. The summed E-state index contributed by atoms with van der Waals surface area (Å²) in [5.41, 5.74) is 4.95. The number of nitrogens with one attached hydrogen (secondary N) is 2. The van der Waals surface area contributed by atoms with Crippen molar-refractivity contribution in [1.82, 2.24) is 10.9 Å². The molecular weight excluding hydrogens is 268 g/mol. The molecule has 0 saturated heterocycles. The average Bonchev–Trinajstić information content (AvgIpc) is 2.42. The van der Waals surface area contributed by atoms with Crippen molar-refractivity contribution < 1.29 is 14.3 Å². The van der Waals surface area contributed by atoms with Gasteiger partial charge in [-0.2, -0.15) is 0 Å². The van der Waals surface area contributed by atoms with E-state index in [1.54, 1.807) is 12.1 Å². The molecule has 0 fully saturated rings. The number of halogens is 1. The lowest BCUT2D eigenvalue weighted by Gasteiger charge is -2.10. The largest absolute Gasteiger partial charge is 0.496 e. The Morgan fingerprint density at radius 1 is 1.32 bits per heavy atom. The van der Waals surface area contributed by atoms with E-state index in [0.717, 1.165) is 12.8 Å². The maximum atomic E-state index is 11.9. The third kappa shape index (κ3) is 4.79. The number of hydrogen-bond donors (Lipinski definition) is 2. The highest BCUT2D eigenvalue weighted by Gasteiger charge is 2.13. The molecule has 0 heterocycles. The molecule has 1 aromatic rings. The van der Waals surface area contributed by atoms with Crippen molar-refractivity contribution in [2.24, 2.45) is 0 Å². The average molecular weight is 285 g/mol. The molecule has 6 heteroatoms. The van der Waals surface area contributed by atoms with Gasteiger partial charge in [0.1, 0.15) is 5.75 Å². The van der Waals surface area contributed by atoms with E-state index < -0.39 is 5.91 Å². The lowest BCUT2D eigenvalue weighted by Crippen LogP contribution is -2.41. The van der Waals surface area contributed by atoms with E-state index in [4.69, 9.17) is 16.3 Å². The second-order valence-electron chi connectivity index (χ2n) is 3.95. The molecule has 1 rings (SSSR count). The minimum absolute atomic E-state index is 0.226. The van der Waals surface area contributed by atoms with Crippen LogP contribution >= 0.6 is 11.6 Å². The molecule has 0 unspecified atom stereocenters. The molecule has 0 bridgehead atoms. The SMILES string of the molecule is CCCCC(=O)NNC(=O)c1cc(Cl)ccc1OC. The zero-order valence-electron chi connectivity index (χ0n) is 11.0. The Balaban J connectivity index is 2.63. The Hall–Kier alpha value is -1.75.